The summed E-state index contributed by atoms with van der Waals surface area (Å²) in [5.41, 5.74) is 11.3. The van der Waals surface area contributed by atoms with Crippen molar-refractivity contribution in [3.8, 4) is 0 Å². The number of nitrogens with one attached hydrogen (secondary N) is 3. The monoisotopic (exact) mass is 1710 g/mol. The fraction of sp³-hybridized carbons (Fsp3) is 0.982. The highest BCUT2D eigenvalue weighted by atomic mass is 16.5. The maximum atomic E-state index is 11.2. The van der Waals surface area contributed by atoms with Crippen molar-refractivity contribution in [2.75, 3.05) is 78.9 Å². The molecule has 121 heavy (non-hydrogen) atoms. The van der Waals surface area contributed by atoms with Gasteiger partial charge in [-0.05, 0) is 271 Å². The molecule has 0 spiro atoms. The SMILES string of the molecule is CC(C)(C)C(C(N)=O)C(C)(C)C.CC(C)(C)C(C1CC1)C(C)(C)C.CC(C)(C)C(C1CCNC1)C(C)(C)C.CC(C)(C)C(C1CCNCC1)C(C)(C)C.CC(C)(C)C(C1CCOC1)C(C)(C)C.CC(C)(C)C(C1CCOCC1)C(C)(C)C.CC(C)(C)C(C1CNC1)C(C)(C)C.CC(C)(C)C(C1COC1)C(C)(C)C.CC(C)(C)C(CC(=O)O)C(C)(C)C. The number of hydrogen-bond acceptors (Lipinski definition) is 8. The van der Waals surface area contributed by atoms with E-state index in [-0.39, 0.29) is 45.8 Å². The van der Waals surface area contributed by atoms with Gasteiger partial charge in [0.1, 0.15) is 0 Å². The van der Waals surface area contributed by atoms with Crippen molar-refractivity contribution in [2.24, 2.45) is 198 Å². The van der Waals surface area contributed by atoms with Gasteiger partial charge in [-0.25, -0.2) is 0 Å². The third-order valence-electron chi connectivity index (χ3n) is 27.7. The van der Waals surface area contributed by atoms with Crippen molar-refractivity contribution >= 4 is 11.9 Å². The number of nitrogens with two attached hydrogens (primary N) is 1. The first-order valence-electron chi connectivity index (χ1n) is 49.6. The maximum absolute atomic E-state index is 11.2. The Morgan fingerprint density at radius 1 is 0.256 bits per heavy atom. The summed E-state index contributed by atoms with van der Waals surface area (Å²) in [6.07, 6.45) is 11.0. The molecule has 6 aliphatic heterocycles. The number of ether oxygens (including phenoxy) is 3. The van der Waals surface area contributed by atoms with E-state index >= 15 is 0 Å². The zero-order valence-corrected chi connectivity index (χ0v) is 92.7. The summed E-state index contributed by atoms with van der Waals surface area (Å²) in [6.45, 7) is 138. The second-order valence-corrected chi connectivity index (χ2v) is 59.4. The topological polar surface area (TPSA) is 144 Å². The van der Waals surface area contributed by atoms with Crippen LogP contribution in [0.25, 0.3) is 0 Å². The van der Waals surface area contributed by atoms with E-state index in [1.54, 1.807) is 0 Å². The van der Waals surface area contributed by atoms with Crippen molar-refractivity contribution in [3.63, 3.8) is 0 Å². The van der Waals surface area contributed by atoms with Crippen LogP contribution in [0.2, 0.25) is 0 Å². The first-order chi connectivity index (χ1) is 53.2. The molecule has 7 fully saturated rings. The first kappa shape index (κ1) is 122. The number of carbonyl (C=O) groups excluding carboxylic acids is 1. The molecule has 6 heterocycles. The average molecular weight is 1710 g/mol. The van der Waals surface area contributed by atoms with Crippen LogP contribution in [0.15, 0.2) is 0 Å². The third-order valence-corrected chi connectivity index (χ3v) is 27.7. The highest BCUT2D eigenvalue weighted by Crippen LogP contribution is 2.56. The highest BCUT2D eigenvalue weighted by molar-refractivity contribution is 5.78. The molecule has 0 bridgehead atoms. The lowest BCUT2D eigenvalue weighted by atomic mass is 9.59. The number of carbonyl (C=O) groups is 2. The molecular formula is C111H226N4O6. The van der Waals surface area contributed by atoms with Crippen molar-refractivity contribution in [1.82, 2.24) is 16.0 Å². The molecule has 0 radical (unpaired) electrons. The Balaban J connectivity index is 0. The van der Waals surface area contributed by atoms with Gasteiger partial charge < -0.3 is 41.0 Å². The van der Waals surface area contributed by atoms with Crippen LogP contribution in [0.3, 0.4) is 0 Å². The van der Waals surface area contributed by atoms with Gasteiger partial charge in [0.25, 0.3) is 0 Å². The van der Waals surface area contributed by atoms with Crippen LogP contribution in [0, 0.1) is 192 Å². The lowest BCUT2D eigenvalue weighted by Crippen LogP contribution is -2.53. The molecule has 726 valence electrons. The smallest absolute Gasteiger partial charge is 0.303 e. The van der Waals surface area contributed by atoms with Crippen LogP contribution in [-0.2, 0) is 23.8 Å². The normalized spacial score (nSPS) is 20.1. The molecule has 6 saturated heterocycles. The number of carboxylic acid groups (broad SMARTS) is 1. The van der Waals surface area contributed by atoms with Crippen molar-refractivity contribution in [2.45, 2.75) is 432 Å². The molecule has 10 heteroatoms. The second-order valence-electron chi connectivity index (χ2n) is 59.4. The molecule has 2 atom stereocenters. The summed E-state index contributed by atoms with van der Waals surface area (Å²) >= 11 is 0. The number of piperidine rings is 1. The number of primary amides is 1. The number of rotatable bonds is 10. The van der Waals surface area contributed by atoms with Crippen LogP contribution in [0.4, 0.5) is 0 Å². The summed E-state index contributed by atoms with van der Waals surface area (Å²) < 4.78 is 16.3. The molecule has 6 N–H and O–H groups in total. The van der Waals surface area contributed by atoms with Gasteiger partial charge in [-0.3, -0.25) is 9.59 Å². The molecule has 2 unspecified atom stereocenters. The largest absolute Gasteiger partial charge is 0.481 e. The number of amides is 1. The fourth-order valence-electron chi connectivity index (χ4n) is 28.7. The van der Waals surface area contributed by atoms with Crippen molar-refractivity contribution in [3.05, 3.63) is 0 Å². The van der Waals surface area contributed by atoms with E-state index in [4.69, 9.17) is 25.1 Å². The van der Waals surface area contributed by atoms with Crippen LogP contribution in [-0.4, -0.2) is 95.9 Å². The minimum absolute atomic E-state index is 0.0515. The Morgan fingerprint density at radius 3 is 0.645 bits per heavy atom. The van der Waals surface area contributed by atoms with Gasteiger partial charge in [-0.1, -0.05) is 374 Å². The summed E-state index contributed by atoms with van der Waals surface area (Å²) in [5.74, 6) is 10.9. The lowest BCUT2D eigenvalue weighted by molar-refractivity contribution is -0.140. The molecule has 0 aromatic carbocycles. The third kappa shape index (κ3) is 45.9. The van der Waals surface area contributed by atoms with E-state index in [1.165, 1.54) is 90.6 Å². The Hall–Kier alpha value is -1.30. The van der Waals surface area contributed by atoms with Gasteiger partial charge in [-0.2, -0.15) is 0 Å². The molecular weight excluding hydrogens is 1490 g/mol. The average Bonchev–Trinajstić information content (AvgIpc) is 1.55. The number of carboxylic acids is 1. The molecule has 1 saturated carbocycles. The molecule has 0 aromatic rings. The van der Waals surface area contributed by atoms with Crippen molar-refractivity contribution in [1.29, 1.82) is 0 Å². The molecule has 10 nitrogen and oxygen atoms in total. The van der Waals surface area contributed by atoms with Crippen LogP contribution in [0.5, 0.6) is 0 Å². The van der Waals surface area contributed by atoms with Gasteiger partial charge in [-0.15, -0.1) is 0 Å². The maximum Gasteiger partial charge on any atom is 0.303 e. The Labute approximate surface area is 760 Å². The highest BCUT2D eigenvalue weighted by Gasteiger charge is 2.50. The summed E-state index contributed by atoms with van der Waals surface area (Å²) in [6, 6.07) is 0. The van der Waals surface area contributed by atoms with E-state index in [2.05, 4.69) is 348 Å². The zero-order valence-electron chi connectivity index (χ0n) is 92.7. The van der Waals surface area contributed by atoms with E-state index in [0.29, 0.717) is 75.8 Å². The lowest BCUT2D eigenvalue weighted by Gasteiger charge is -2.49. The molecule has 7 aliphatic rings. The van der Waals surface area contributed by atoms with Gasteiger partial charge in [0, 0.05) is 44.7 Å². The van der Waals surface area contributed by atoms with Crippen LogP contribution >= 0.6 is 0 Å². The molecule has 1 aliphatic carbocycles. The number of aliphatic carboxylic acids is 1. The standard InChI is InChI=1S/C14H29N.C14H28O.C13H27N.C13H26O.C12H25N.C12H24O.C12H24.C11H22O2.C10H21NO/c2*1-13(2,3)12(14(4,5)6)11-7-9-15-10-8-11;2*1-12(2,3)11(13(4,5)6)10-7-8-14-9-10;2*1-11(2,3)10(12(4,5)6)9-7-13-8-9;1-11(2,3)10(9-7-8-9)12(4,5)6;1-10(2,3)8(7-9(12)13)11(4,5)6;1-9(2,3)7(8(11)12)10(4,5)6/h11-12,15H,7-10H2,1-6H3;11-12H,7-10H2,1-6H3;10-11,14H,7-9H2,1-6H3;10-11H,7-9H2,1-6H3;9-10,13H,7-8H2,1-6H3;9-10H,7-8H2,1-6H3;9-10H,7-8H2,1-6H3;8H,7H2,1-6H3,(H,12,13);7H,1-6H3,(H2,11,12). The molecule has 7 rings (SSSR count). The van der Waals surface area contributed by atoms with Gasteiger partial charge in [0.2, 0.25) is 5.91 Å². The number of hydrogen-bond donors (Lipinski definition) is 5. The quantitative estimate of drug-likeness (QED) is 0.144. The summed E-state index contributed by atoms with van der Waals surface area (Å²) in [4.78, 5) is 21.9. The van der Waals surface area contributed by atoms with Gasteiger partial charge in [0.15, 0.2) is 0 Å². The first-order valence-corrected chi connectivity index (χ1v) is 49.6. The van der Waals surface area contributed by atoms with E-state index < -0.39 is 5.97 Å². The van der Waals surface area contributed by atoms with Crippen LogP contribution in [0.1, 0.15) is 432 Å². The van der Waals surface area contributed by atoms with Crippen LogP contribution < -0.4 is 21.7 Å². The van der Waals surface area contributed by atoms with E-state index in [1.807, 2.05) is 41.5 Å². The molecule has 1 amide bonds. The summed E-state index contributed by atoms with van der Waals surface area (Å²) in [7, 11) is 0. The van der Waals surface area contributed by atoms with E-state index in [0.717, 1.165) is 122 Å². The Bertz CT molecular complexity index is 2550. The minimum Gasteiger partial charge on any atom is -0.481 e. The van der Waals surface area contributed by atoms with Crippen molar-refractivity contribution < 1.29 is 28.9 Å². The minimum atomic E-state index is -0.699. The predicted molar refractivity (Wildman–Crippen MR) is 535 cm³/mol. The molecule has 0 aromatic heterocycles. The summed E-state index contributed by atoms with van der Waals surface area (Å²) in [5, 5.41) is 19.2. The van der Waals surface area contributed by atoms with Gasteiger partial charge >= 0.3 is 5.97 Å². The Kier molecular flexibility index (Phi) is 47.0. The van der Waals surface area contributed by atoms with E-state index in [9.17, 15) is 9.59 Å². The fourth-order valence-corrected chi connectivity index (χ4v) is 28.7. The van der Waals surface area contributed by atoms with Gasteiger partial charge in [0.05, 0.1) is 13.2 Å². The Morgan fingerprint density at radius 2 is 0.479 bits per heavy atom. The zero-order chi connectivity index (χ0) is 96.5. The second kappa shape index (κ2) is 46.7. The predicted octanol–water partition coefficient (Wildman–Crippen LogP) is 30.6.